The van der Waals surface area contributed by atoms with Crippen molar-refractivity contribution in [2.45, 2.75) is 0 Å². The second kappa shape index (κ2) is 3.57. The summed E-state index contributed by atoms with van der Waals surface area (Å²) in [5.41, 5.74) is 0. The molecule has 0 fully saturated rings. The summed E-state index contributed by atoms with van der Waals surface area (Å²) in [6.07, 6.45) is 1.26. The first kappa shape index (κ1) is 8.57. The lowest BCUT2D eigenvalue weighted by Gasteiger charge is -1.95. The van der Waals surface area contributed by atoms with Crippen LogP contribution in [-0.4, -0.2) is 15.0 Å². The number of hydrogen-bond donors (Lipinski definition) is 1. The maximum Gasteiger partial charge on any atom is 0.416 e. The van der Waals surface area contributed by atoms with Gasteiger partial charge in [-0.3, -0.25) is 0 Å². The Labute approximate surface area is 53.3 Å². The molecule has 0 amide bonds. The Kier molecular flexibility index (Phi) is 3.40. The molecule has 0 aromatic rings. The summed E-state index contributed by atoms with van der Waals surface area (Å²) in [6.45, 7) is 3.07. The molecule has 9 heavy (non-hydrogen) atoms. The van der Waals surface area contributed by atoms with E-state index in [4.69, 9.17) is 0 Å². The molecular formula is C3H7NO4S. The topological polar surface area (TPSA) is 78.6 Å². The van der Waals surface area contributed by atoms with Gasteiger partial charge in [-0.2, -0.15) is 18.6 Å². The van der Waals surface area contributed by atoms with E-state index in [1.54, 1.807) is 0 Å². The lowest BCUT2D eigenvalue weighted by atomic mass is 10.7. The zero-order chi connectivity index (χ0) is 7.33. The first-order valence-corrected chi connectivity index (χ1v) is 3.34. The largest absolute Gasteiger partial charge is 0.416 e. The standard InChI is InChI=1S/C3H7NO4S/c1-2-3-7-9(5,6)8-4/h2H,1,3-4H2. The Morgan fingerprint density at radius 3 is 2.56 bits per heavy atom. The normalized spacial score (nSPS) is 11.2. The summed E-state index contributed by atoms with van der Waals surface area (Å²) in [5, 5.41) is 0. The van der Waals surface area contributed by atoms with Gasteiger partial charge in [0.05, 0.1) is 6.61 Å². The average Bonchev–Trinajstić information content (AvgIpc) is 1.84. The fourth-order valence-electron chi connectivity index (χ4n) is 0.159. The summed E-state index contributed by atoms with van der Waals surface area (Å²) in [4.78, 5) is 0. The van der Waals surface area contributed by atoms with E-state index in [9.17, 15) is 8.42 Å². The van der Waals surface area contributed by atoms with Crippen LogP contribution in [0, 0.1) is 0 Å². The van der Waals surface area contributed by atoms with E-state index in [1.165, 1.54) is 6.08 Å². The molecule has 0 saturated heterocycles. The molecule has 0 rings (SSSR count). The Balaban J connectivity index is 3.74. The molecule has 0 aromatic carbocycles. The molecule has 0 radical (unpaired) electrons. The van der Waals surface area contributed by atoms with Crippen LogP contribution in [0.15, 0.2) is 12.7 Å². The highest BCUT2D eigenvalue weighted by atomic mass is 32.3. The molecule has 0 heterocycles. The minimum absolute atomic E-state index is 0.139. The number of hydrogen-bond acceptors (Lipinski definition) is 5. The molecule has 5 nitrogen and oxygen atoms in total. The molecule has 0 spiro atoms. The van der Waals surface area contributed by atoms with Crippen LogP contribution in [0.3, 0.4) is 0 Å². The molecule has 2 N–H and O–H groups in total. The van der Waals surface area contributed by atoms with E-state index < -0.39 is 10.4 Å². The fraction of sp³-hybridized carbons (Fsp3) is 0.333. The van der Waals surface area contributed by atoms with Gasteiger partial charge in [0.15, 0.2) is 0 Å². The van der Waals surface area contributed by atoms with Crippen molar-refractivity contribution in [3.63, 3.8) is 0 Å². The number of nitrogens with two attached hydrogens (primary N) is 1. The fourth-order valence-corrected chi connectivity index (χ4v) is 0.478. The summed E-state index contributed by atoms with van der Waals surface area (Å²) in [7, 11) is -3.98. The van der Waals surface area contributed by atoms with E-state index in [2.05, 4.69) is 20.9 Å². The Bertz CT molecular complexity index is 172. The summed E-state index contributed by atoms with van der Waals surface area (Å²) in [5.74, 6) is 4.30. The zero-order valence-corrected chi connectivity index (χ0v) is 5.43. The van der Waals surface area contributed by atoms with Gasteiger partial charge in [-0.25, -0.2) is 4.18 Å². The molecule has 6 heteroatoms. The van der Waals surface area contributed by atoms with Crippen LogP contribution >= 0.6 is 0 Å². The average molecular weight is 153 g/mol. The van der Waals surface area contributed by atoms with Crippen molar-refractivity contribution in [3.05, 3.63) is 12.7 Å². The highest BCUT2D eigenvalue weighted by Gasteiger charge is 2.06. The molecule has 54 valence electrons. The van der Waals surface area contributed by atoms with Crippen LogP contribution in [0.25, 0.3) is 0 Å². The molecule has 0 atom stereocenters. The third-order valence-corrected chi connectivity index (χ3v) is 1.11. The first-order chi connectivity index (χ1) is 4.12. The molecule has 0 aromatic heterocycles. The highest BCUT2D eigenvalue weighted by molar-refractivity contribution is 7.81. The van der Waals surface area contributed by atoms with Crippen LogP contribution in [-0.2, 0) is 18.9 Å². The van der Waals surface area contributed by atoms with E-state index in [1.807, 2.05) is 0 Å². The van der Waals surface area contributed by atoms with E-state index in [0.29, 0.717) is 0 Å². The maximum absolute atomic E-state index is 10.1. The van der Waals surface area contributed by atoms with Gasteiger partial charge in [0.2, 0.25) is 0 Å². The quantitative estimate of drug-likeness (QED) is 0.427. The molecule has 0 saturated carbocycles. The third kappa shape index (κ3) is 4.10. The maximum atomic E-state index is 10.1. The van der Waals surface area contributed by atoms with E-state index in [0.717, 1.165) is 0 Å². The van der Waals surface area contributed by atoms with Crippen molar-refractivity contribution in [2.24, 2.45) is 5.90 Å². The highest BCUT2D eigenvalue weighted by Crippen LogP contribution is 1.89. The Morgan fingerprint density at radius 2 is 2.22 bits per heavy atom. The monoisotopic (exact) mass is 153 g/mol. The number of rotatable bonds is 4. The molecule has 0 aliphatic heterocycles. The zero-order valence-electron chi connectivity index (χ0n) is 4.61. The molecule has 0 aliphatic carbocycles. The smallest absolute Gasteiger partial charge is 0.243 e. The van der Waals surface area contributed by atoms with Gasteiger partial charge in [-0.05, 0) is 0 Å². The summed E-state index contributed by atoms with van der Waals surface area (Å²) in [6, 6.07) is 0. The molecule has 0 aliphatic rings. The van der Waals surface area contributed by atoms with Gasteiger partial charge in [0.1, 0.15) is 0 Å². The van der Waals surface area contributed by atoms with Gasteiger partial charge in [0.25, 0.3) is 0 Å². The first-order valence-electron chi connectivity index (χ1n) is 2.01. The summed E-state index contributed by atoms with van der Waals surface area (Å²) >= 11 is 0. The van der Waals surface area contributed by atoms with E-state index in [-0.39, 0.29) is 6.61 Å². The lowest BCUT2D eigenvalue weighted by Crippen LogP contribution is -2.13. The molecule has 0 unspecified atom stereocenters. The SMILES string of the molecule is C=CCOS(=O)(=O)ON. The second-order valence-corrected chi connectivity index (χ2v) is 2.32. The molecule has 0 bridgehead atoms. The van der Waals surface area contributed by atoms with Crippen molar-refractivity contribution in [1.82, 2.24) is 0 Å². The predicted molar refractivity (Wildman–Crippen MR) is 30.3 cm³/mol. The lowest BCUT2D eigenvalue weighted by molar-refractivity contribution is 0.234. The third-order valence-electron chi connectivity index (χ3n) is 0.448. The van der Waals surface area contributed by atoms with Crippen molar-refractivity contribution >= 4 is 10.4 Å². The predicted octanol–water partition coefficient (Wildman–Crippen LogP) is -0.676. The van der Waals surface area contributed by atoms with Gasteiger partial charge in [-0.1, -0.05) is 6.08 Å². The second-order valence-electron chi connectivity index (χ2n) is 1.08. The van der Waals surface area contributed by atoms with Gasteiger partial charge in [0, 0.05) is 0 Å². The molecular weight excluding hydrogens is 146 g/mol. The van der Waals surface area contributed by atoms with Crippen LogP contribution in [0.5, 0.6) is 0 Å². The Morgan fingerprint density at radius 1 is 1.67 bits per heavy atom. The van der Waals surface area contributed by atoms with Gasteiger partial charge < -0.3 is 0 Å². The van der Waals surface area contributed by atoms with Crippen molar-refractivity contribution < 1.29 is 16.9 Å². The van der Waals surface area contributed by atoms with Crippen molar-refractivity contribution in [1.29, 1.82) is 0 Å². The van der Waals surface area contributed by atoms with Crippen molar-refractivity contribution in [3.8, 4) is 0 Å². The minimum Gasteiger partial charge on any atom is -0.243 e. The van der Waals surface area contributed by atoms with Crippen LogP contribution in [0.2, 0.25) is 0 Å². The van der Waals surface area contributed by atoms with Crippen LogP contribution < -0.4 is 5.90 Å². The van der Waals surface area contributed by atoms with Crippen molar-refractivity contribution in [2.75, 3.05) is 6.61 Å². The van der Waals surface area contributed by atoms with Gasteiger partial charge in [-0.15, -0.1) is 6.58 Å². The van der Waals surface area contributed by atoms with E-state index >= 15 is 0 Å². The Hall–Kier alpha value is -0.430. The summed E-state index contributed by atoms with van der Waals surface area (Å²) < 4.78 is 27.8. The van der Waals surface area contributed by atoms with Gasteiger partial charge >= 0.3 is 10.4 Å². The minimum atomic E-state index is -3.98. The van der Waals surface area contributed by atoms with Crippen LogP contribution in [0.4, 0.5) is 0 Å². The van der Waals surface area contributed by atoms with Crippen LogP contribution in [0.1, 0.15) is 0 Å².